The molecule has 0 saturated carbocycles. The predicted octanol–water partition coefficient (Wildman–Crippen LogP) is 0.369. The normalized spacial score (nSPS) is 11.0. The van der Waals surface area contributed by atoms with Crippen LogP contribution in [0.1, 0.15) is 4.88 Å². The molecule has 1 heterocycles. The minimum Gasteiger partial charge on any atom is -0.360 e. The second-order valence-electron chi connectivity index (χ2n) is 2.54. The first kappa shape index (κ1) is 12.2. The van der Waals surface area contributed by atoms with E-state index in [2.05, 4.69) is 10.3 Å². The molecular weight excluding hydrogens is 260 g/mol. The molecule has 6 nitrogen and oxygen atoms in total. The van der Waals surface area contributed by atoms with Crippen molar-refractivity contribution < 1.29 is 8.42 Å². The van der Waals surface area contributed by atoms with Crippen molar-refractivity contribution in [1.29, 1.82) is 5.26 Å². The highest BCUT2D eigenvalue weighted by Gasteiger charge is 2.09. The van der Waals surface area contributed by atoms with Crippen molar-refractivity contribution >= 4 is 38.1 Å². The summed E-state index contributed by atoms with van der Waals surface area (Å²) in [5.41, 5.74) is 0. The highest BCUT2D eigenvalue weighted by Crippen LogP contribution is 2.25. The van der Waals surface area contributed by atoms with Gasteiger partial charge in [0.1, 0.15) is 10.9 Å². The molecule has 15 heavy (non-hydrogen) atoms. The topological polar surface area (TPSA) is 109 Å². The molecule has 0 aliphatic rings. The SMILES string of the molecule is N#Cc1sc(NCCS(N)(=O)=O)nc1Cl. The summed E-state index contributed by atoms with van der Waals surface area (Å²) in [5.74, 6) is -0.202. The number of sulfonamides is 1. The van der Waals surface area contributed by atoms with E-state index in [1.54, 1.807) is 0 Å². The van der Waals surface area contributed by atoms with Crippen LogP contribution in [-0.2, 0) is 10.0 Å². The summed E-state index contributed by atoms with van der Waals surface area (Å²) in [5, 5.41) is 16.6. The Balaban J connectivity index is 2.56. The quantitative estimate of drug-likeness (QED) is 0.818. The molecular formula is C6H7ClN4O2S2. The molecule has 0 fully saturated rings. The van der Waals surface area contributed by atoms with Gasteiger partial charge in [0.15, 0.2) is 10.3 Å². The molecule has 0 radical (unpaired) electrons. The van der Waals surface area contributed by atoms with Gasteiger partial charge in [0, 0.05) is 6.54 Å². The van der Waals surface area contributed by atoms with Crippen LogP contribution < -0.4 is 10.5 Å². The van der Waals surface area contributed by atoms with Crippen LogP contribution in [-0.4, -0.2) is 25.7 Å². The summed E-state index contributed by atoms with van der Waals surface area (Å²) in [4.78, 5) is 4.10. The molecule has 0 spiro atoms. The fourth-order valence-corrected chi connectivity index (χ4v) is 2.11. The maximum Gasteiger partial charge on any atom is 0.210 e. The average molecular weight is 267 g/mol. The van der Waals surface area contributed by atoms with Crippen LogP contribution in [0.3, 0.4) is 0 Å². The van der Waals surface area contributed by atoms with Gasteiger partial charge in [0.25, 0.3) is 0 Å². The molecule has 9 heteroatoms. The van der Waals surface area contributed by atoms with Crippen LogP contribution >= 0.6 is 22.9 Å². The van der Waals surface area contributed by atoms with Gasteiger partial charge in [0.05, 0.1) is 5.75 Å². The molecule has 1 aromatic heterocycles. The third-order valence-electron chi connectivity index (χ3n) is 1.35. The first-order valence-electron chi connectivity index (χ1n) is 3.73. The number of thiazole rings is 1. The van der Waals surface area contributed by atoms with Crippen molar-refractivity contribution in [3.8, 4) is 6.07 Å². The van der Waals surface area contributed by atoms with Gasteiger partial charge in [-0.05, 0) is 0 Å². The van der Waals surface area contributed by atoms with Crippen LogP contribution in [0.15, 0.2) is 0 Å². The Bertz CT molecular complexity index is 490. The van der Waals surface area contributed by atoms with E-state index in [4.69, 9.17) is 22.0 Å². The molecule has 0 amide bonds. The Hall–Kier alpha value is -0.880. The molecule has 3 N–H and O–H groups in total. The number of nitrogens with one attached hydrogen (secondary N) is 1. The van der Waals surface area contributed by atoms with E-state index in [1.165, 1.54) is 0 Å². The Morgan fingerprint density at radius 2 is 2.33 bits per heavy atom. The van der Waals surface area contributed by atoms with Crippen molar-refractivity contribution in [2.45, 2.75) is 0 Å². The van der Waals surface area contributed by atoms with Crippen LogP contribution in [0, 0.1) is 11.3 Å². The van der Waals surface area contributed by atoms with Crippen LogP contribution in [0.2, 0.25) is 5.15 Å². The first-order valence-corrected chi connectivity index (χ1v) is 6.64. The predicted molar refractivity (Wildman–Crippen MR) is 58.3 cm³/mol. The molecule has 1 aromatic rings. The summed E-state index contributed by atoms with van der Waals surface area (Å²) in [6.45, 7) is 0.132. The van der Waals surface area contributed by atoms with Crippen LogP contribution in [0.4, 0.5) is 5.13 Å². The third-order valence-corrected chi connectivity index (χ3v) is 3.43. The van der Waals surface area contributed by atoms with E-state index in [1.807, 2.05) is 6.07 Å². The lowest BCUT2D eigenvalue weighted by Gasteiger charge is -1.99. The number of hydrogen-bond acceptors (Lipinski definition) is 6. The highest BCUT2D eigenvalue weighted by atomic mass is 35.5. The van der Waals surface area contributed by atoms with Gasteiger partial charge in [-0.2, -0.15) is 5.26 Å². The smallest absolute Gasteiger partial charge is 0.210 e. The number of halogens is 1. The Morgan fingerprint density at radius 1 is 1.67 bits per heavy atom. The average Bonchev–Trinajstić information content (AvgIpc) is 2.44. The Morgan fingerprint density at radius 3 is 2.80 bits per heavy atom. The van der Waals surface area contributed by atoms with Crippen molar-refractivity contribution in [1.82, 2.24) is 4.98 Å². The van der Waals surface area contributed by atoms with Gasteiger partial charge >= 0.3 is 0 Å². The number of nitriles is 1. The van der Waals surface area contributed by atoms with Gasteiger partial charge in [-0.25, -0.2) is 18.5 Å². The molecule has 0 atom stereocenters. The van der Waals surface area contributed by atoms with Crippen molar-refractivity contribution in [2.24, 2.45) is 5.14 Å². The summed E-state index contributed by atoms with van der Waals surface area (Å²) >= 11 is 6.67. The van der Waals surface area contributed by atoms with E-state index in [0.29, 0.717) is 5.13 Å². The third kappa shape index (κ3) is 4.01. The fourth-order valence-electron chi connectivity index (χ4n) is 0.746. The van der Waals surface area contributed by atoms with Crippen LogP contribution in [0.25, 0.3) is 0 Å². The second-order valence-corrected chi connectivity index (χ2v) is 5.64. The summed E-state index contributed by atoms with van der Waals surface area (Å²) < 4.78 is 21.2. The first-order chi connectivity index (χ1) is 6.92. The molecule has 0 aliphatic carbocycles. The minimum atomic E-state index is -3.49. The highest BCUT2D eigenvalue weighted by molar-refractivity contribution is 7.89. The molecule has 0 saturated heterocycles. The van der Waals surface area contributed by atoms with E-state index < -0.39 is 10.0 Å². The fraction of sp³-hybridized carbons (Fsp3) is 0.333. The lowest BCUT2D eigenvalue weighted by atomic mass is 10.6. The van der Waals surface area contributed by atoms with Crippen molar-refractivity contribution in [3.63, 3.8) is 0 Å². The Labute approximate surface area is 95.7 Å². The summed E-state index contributed by atoms with van der Waals surface area (Å²) in [6, 6.07) is 1.86. The zero-order chi connectivity index (χ0) is 11.5. The molecule has 0 unspecified atom stereocenters. The monoisotopic (exact) mass is 266 g/mol. The Kier molecular flexibility index (Phi) is 3.87. The summed E-state index contributed by atoms with van der Waals surface area (Å²) in [6.07, 6.45) is 0. The van der Waals surface area contributed by atoms with E-state index in [0.717, 1.165) is 11.3 Å². The lowest BCUT2D eigenvalue weighted by molar-refractivity contribution is 0.598. The molecule has 0 aliphatic heterocycles. The summed E-state index contributed by atoms with van der Waals surface area (Å²) in [7, 11) is -3.49. The maximum absolute atomic E-state index is 10.6. The molecule has 0 bridgehead atoms. The van der Waals surface area contributed by atoms with Crippen molar-refractivity contribution in [3.05, 3.63) is 10.0 Å². The number of primary sulfonamides is 1. The minimum absolute atomic E-state index is 0.112. The maximum atomic E-state index is 10.6. The van der Waals surface area contributed by atoms with Crippen LogP contribution in [0.5, 0.6) is 0 Å². The number of aromatic nitrogens is 1. The van der Waals surface area contributed by atoms with Gasteiger partial charge in [0.2, 0.25) is 10.0 Å². The largest absolute Gasteiger partial charge is 0.360 e. The molecule has 1 rings (SSSR count). The van der Waals surface area contributed by atoms with Gasteiger partial charge in [-0.1, -0.05) is 22.9 Å². The number of rotatable bonds is 4. The molecule has 0 aromatic carbocycles. The molecule has 82 valence electrons. The number of nitrogens with zero attached hydrogens (tertiary/aromatic N) is 2. The second kappa shape index (κ2) is 4.76. The van der Waals surface area contributed by atoms with E-state index in [9.17, 15) is 8.42 Å². The number of anilines is 1. The van der Waals surface area contributed by atoms with Gasteiger partial charge in [-0.15, -0.1) is 0 Å². The number of hydrogen-bond donors (Lipinski definition) is 2. The van der Waals surface area contributed by atoms with Crippen molar-refractivity contribution in [2.75, 3.05) is 17.6 Å². The number of nitrogens with two attached hydrogens (primary N) is 1. The zero-order valence-electron chi connectivity index (χ0n) is 7.40. The van der Waals surface area contributed by atoms with E-state index in [-0.39, 0.29) is 22.3 Å². The van der Waals surface area contributed by atoms with Gasteiger partial charge < -0.3 is 5.32 Å². The van der Waals surface area contributed by atoms with Gasteiger partial charge in [-0.3, -0.25) is 0 Å². The zero-order valence-corrected chi connectivity index (χ0v) is 9.79. The standard InChI is InChI=1S/C6H7ClN4O2S2/c7-5-4(3-8)14-6(11-5)10-1-2-15(9,12)13/h1-2H2,(H,10,11)(H2,9,12,13). The lowest BCUT2D eigenvalue weighted by Crippen LogP contribution is -2.22. The van der Waals surface area contributed by atoms with E-state index >= 15 is 0 Å².